The molecule has 1 aliphatic heterocycles. The van der Waals surface area contributed by atoms with Crippen molar-refractivity contribution in [1.82, 2.24) is 5.32 Å². The Hall–Kier alpha value is -1.73. The van der Waals surface area contributed by atoms with E-state index in [2.05, 4.69) is 5.32 Å². The van der Waals surface area contributed by atoms with Gasteiger partial charge in [0.05, 0.1) is 25.4 Å². The van der Waals surface area contributed by atoms with Crippen molar-refractivity contribution >= 4 is 23.6 Å². The first kappa shape index (κ1) is 24.5. The summed E-state index contributed by atoms with van der Waals surface area (Å²) in [7, 11) is 0. The molecule has 1 heterocycles. The zero-order valence-electron chi connectivity index (χ0n) is 16.4. The first-order valence-electron chi connectivity index (χ1n) is 9.26. The van der Waals surface area contributed by atoms with E-state index in [4.69, 9.17) is 14.6 Å². The van der Waals surface area contributed by atoms with Crippen molar-refractivity contribution in [3.8, 4) is 0 Å². The Balaban J connectivity index is 2.08. The van der Waals surface area contributed by atoms with Crippen LogP contribution in [0.4, 0.5) is 0 Å². The molecule has 168 valence electrons. The molecule has 1 aliphatic rings. The second-order valence-corrected chi connectivity index (χ2v) is 8.00. The molecule has 1 fully saturated rings. The zero-order chi connectivity index (χ0) is 22.3. The van der Waals surface area contributed by atoms with Crippen molar-refractivity contribution < 1.29 is 44.6 Å². The lowest BCUT2D eigenvalue weighted by Crippen LogP contribution is -2.66. The van der Waals surface area contributed by atoms with Crippen LogP contribution in [-0.4, -0.2) is 92.3 Å². The summed E-state index contributed by atoms with van der Waals surface area (Å²) in [6.07, 6.45) is -5.21. The highest BCUT2D eigenvalue weighted by Gasteiger charge is 2.54. The van der Waals surface area contributed by atoms with E-state index in [0.29, 0.717) is 0 Å². The van der Waals surface area contributed by atoms with Crippen LogP contribution >= 0.6 is 11.8 Å². The second kappa shape index (κ2) is 11.0. The van der Waals surface area contributed by atoms with Crippen molar-refractivity contribution in [1.29, 1.82) is 0 Å². The van der Waals surface area contributed by atoms with Crippen LogP contribution in [0.1, 0.15) is 12.0 Å². The van der Waals surface area contributed by atoms with Crippen LogP contribution in [0.25, 0.3) is 0 Å². The third-order valence-electron chi connectivity index (χ3n) is 4.82. The SMILES string of the molecule is CS[C@]1(C(=O)O)C[C@H](O)[C@@H](NC(=O)COCc2ccccc2)[C@H]([C@H](O)[C@H](O)CO)O1. The number of carbonyl (C=O) groups is 2. The Kier molecular flexibility index (Phi) is 9.04. The summed E-state index contributed by atoms with van der Waals surface area (Å²) < 4.78 is 10.9. The van der Waals surface area contributed by atoms with Gasteiger partial charge in [0.1, 0.15) is 24.9 Å². The van der Waals surface area contributed by atoms with Gasteiger partial charge in [-0.25, -0.2) is 4.79 Å². The summed E-state index contributed by atoms with van der Waals surface area (Å²) in [4.78, 5) is 22.1. The number of carboxylic acids is 1. The Labute approximate surface area is 177 Å². The lowest BCUT2D eigenvalue weighted by atomic mass is 9.89. The molecule has 0 saturated carbocycles. The number of nitrogens with one attached hydrogen (secondary N) is 1. The first-order chi connectivity index (χ1) is 14.2. The van der Waals surface area contributed by atoms with E-state index in [9.17, 15) is 30.0 Å². The maximum Gasteiger partial charge on any atom is 0.346 e. The van der Waals surface area contributed by atoms with Crippen molar-refractivity contribution in [2.45, 2.75) is 48.4 Å². The first-order valence-corrected chi connectivity index (χ1v) is 10.5. The summed E-state index contributed by atoms with van der Waals surface area (Å²) in [6, 6.07) is 7.92. The van der Waals surface area contributed by atoms with Crippen LogP contribution in [0.15, 0.2) is 30.3 Å². The smallest absolute Gasteiger partial charge is 0.346 e. The number of rotatable bonds is 10. The molecule has 1 aromatic carbocycles. The Morgan fingerprint density at radius 1 is 1.33 bits per heavy atom. The molecule has 0 bridgehead atoms. The van der Waals surface area contributed by atoms with Gasteiger partial charge >= 0.3 is 5.97 Å². The normalized spacial score (nSPS) is 28.5. The molecule has 0 spiro atoms. The molecular formula is C19H27NO9S. The molecule has 0 unspecified atom stereocenters. The maximum absolute atomic E-state index is 12.3. The van der Waals surface area contributed by atoms with E-state index in [0.717, 1.165) is 17.3 Å². The van der Waals surface area contributed by atoms with E-state index in [-0.39, 0.29) is 19.6 Å². The molecule has 1 aromatic rings. The van der Waals surface area contributed by atoms with Gasteiger partial charge in [-0.3, -0.25) is 4.79 Å². The summed E-state index contributed by atoms with van der Waals surface area (Å²) in [5.74, 6) is -2.00. The van der Waals surface area contributed by atoms with Gasteiger partial charge in [-0.1, -0.05) is 30.3 Å². The number of aliphatic carboxylic acids is 1. The number of aliphatic hydroxyl groups excluding tert-OH is 4. The predicted octanol–water partition coefficient (Wildman–Crippen LogP) is -1.30. The third kappa shape index (κ3) is 5.91. The topological polar surface area (TPSA) is 166 Å². The highest BCUT2D eigenvalue weighted by molar-refractivity contribution is 8.00. The number of thioether (sulfide) groups is 1. The van der Waals surface area contributed by atoms with Gasteiger partial charge in [0.15, 0.2) is 0 Å². The van der Waals surface area contributed by atoms with E-state index in [1.54, 1.807) is 0 Å². The Morgan fingerprint density at radius 2 is 2.00 bits per heavy atom. The lowest BCUT2D eigenvalue weighted by molar-refractivity contribution is -0.205. The van der Waals surface area contributed by atoms with Crippen molar-refractivity contribution in [3.05, 3.63) is 35.9 Å². The van der Waals surface area contributed by atoms with Crippen molar-refractivity contribution in [2.24, 2.45) is 0 Å². The van der Waals surface area contributed by atoms with Crippen molar-refractivity contribution in [3.63, 3.8) is 0 Å². The van der Waals surface area contributed by atoms with Crippen LogP contribution in [0.5, 0.6) is 0 Å². The van der Waals surface area contributed by atoms with Gasteiger partial charge in [-0.15, -0.1) is 11.8 Å². The van der Waals surface area contributed by atoms with Gasteiger partial charge in [-0.2, -0.15) is 0 Å². The Morgan fingerprint density at radius 3 is 2.57 bits per heavy atom. The summed E-state index contributed by atoms with van der Waals surface area (Å²) >= 11 is 0.804. The predicted molar refractivity (Wildman–Crippen MR) is 107 cm³/mol. The highest BCUT2D eigenvalue weighted by Crippen LogP contribution is 2.39. The molecule has 30 heavy (non-hydrogen) atoms. The largest absolute Gasteiger partial charge is 0.478 e. The second-order valence-electron chi connectivity index (χ2n) is 6.93. The average molecular weight is 445 g/mol. The van der Waals surface area contributed by atoms with Crippen LogP contribution in [0, 0.1) is 0 Å². The quantitative estimate of drug-likeness (QED) is 0.255. The van der Waals surface area contributed by atoms with Crippen LogP contribution in [0.2, 0.25) is 0 Å². The molecule has 6 atom stereocenters. The van der Waals surface area contributed by atoms with Crippen LogP contribution in [0.3, 0.4) is 0 Å². The van der Waals surface area contributed by atoms with Gasteiger partial charge in [-0.05, 0) is 11.8 Å². The number of carboxylic acid groups (broad SMARTS) is 1. The summed E-state index contributed by atoms with van der Waals surface area (Å²) in [5.41, 5.74) is 0.858. The molecule has 1 saturated heterocycles. The fraction of sp³-hybridized carbons (Fsp3) is 0.579. The minimum Gasteiger partial charge on any atom is -0.478 e. The number of hydrogen-bond donors (Lipinski definition) is 6. The lowest BCUT2D eigenvalue weighted by Gasteiger charge is -2.46. The standard InChI is InChI=1S/C19H27NO9S/c1-30-19(18(26)27)7-12(22)15(17(29-19)16(25)13(23)8-21)20-14(24)10-28-9-11-5-3-2-4-6-11/h2-6,12-13,15-17,21-23,25H,7-10H2,1H3,(H,20,24)(H,26,27)/t12-,13+,15+,16+,17+,19-/m0/s1. The third-order valence-corrected chi connectivity index (χ3v) is 5.92. The molecule has 1 amide bonds. The number of amides is 1. The van der Waals surface area contributed by atoms with Crippen LogP contribution < -0.4 is 5.32 Å². The van der Waals surface area contributed by atoms with E-state index in [1.165, 1.54) is 6.26 Å². The minimum absolute atomic E-state index is 0.182. The molecule has 0 aliphatic carbocycles. The fourth-order valence-electron chi connectivity index (χ4n) is 3.17. The van der Waals surface area contributed by atoms with E-state index >= 15 is 0 Å². The molecule has 10 nitrogen and oxygen atoms in total. The number of carbonyl (C=O) groups excluding carboxylic acids is 1. The fourth-order valence-corrected chi connectivity index (χ4v) is 3.89. The van der Waals surface area contributed by atoms with E-state index < -0.39 is 53.9 Å². The molecule has 0 aromatic heterocycles. The maximum atomic E-state index is 12.3. The summed E-state index contributed by atoms with van der Waals surface area (Å²) in [6.45, 7) is -0.991. The summed E-state index contributed by atoms with van der Waals surface area (Å²) in [5, 5.41) is 51.8. The van der Waals surface area contributed by atoms with E-state index in [1.807, 2.05) is 30.3 Å². The zero-order valence-corrected chi connectivity index (χ0v) is 17.2. The number of ether oxygens (including phenoxy) is 2. The van der Waals surface area contributed by atoms with Crippen LogP contribution in [-0.2, 0) is 25.7 Å². The average Bonchev–Trinajstić information content (AvgIpc) is 2.74. The molecule has 11 heteroatoms. The highest BCUT2D eigenvalue weighted by atomic mass is 32.2. The number of aliphatic hydroxyl groups is 4. The molecule has 6 N–H and O–H groups in total. The minimum atomic E-state index is -1.88. The number of benzene rings is 1. The number of hydrogen-bond acceptors (Lipinski definition) is 9. The van der Waals surface area contributed by atoms with Gasteiger partial charge in [0, 0.05) is 6.42 Å². The van der Waals surface area contributed by atoms with Gasteiger partial charge in [0.25, 0.3) is 0 Å². The Bertz CT molecular complexity index is 707. The molecule has 2 rings (SSSR count). The van der Waals surface area contributed by atoms with Gasteiger partial charge < -0.3 is 40.3 Å². The van der Waals surface area contributed by atoms with Crippen molar-refractivity contribution in [2.75, 3.05) is 19.5 Å². The molecule has 0 radical (unpaired) electrons. The monoisotopic (exact) mass is 445 g/mol. The molecular weight excluding hydrogens is 418 g/mol. The van der Waals surface area contributed by atoms with Gasteiger partial charge in [0.2, 0.25) is 10.8 Å².